The number of imidazole rings is 1. The lowest BCUT2D eigenvalue weighted by atomic mass is 10.1. The van der Waals surface area contributed by atoms with Crippen LogP contribution in [0.2, 0.25) is 0 Å². The van der Waals surface area contributed by atoms with Crippen molar-refractivity contribution in [2.45, 2.75) is 10.9 Å². The van der Waals surface area contributed by atoms with E-state index < -0.39 is 16.1 Å². The molecule has 6 heteroatoms. The third-order valence-electron chi connectivity index (χ3n) is 4.55. The SMILES string of the molecule is Cn1ccnc1C(NS(=O)(=O)c1ccc2ccccc2c1)c1ccccc1. The van der Waals surface area contributed by atoms with Crippen LogP contribution in [0, 0.1) is 0 Å². The molecule has 0 fully saturated rings. The highest BCUT2D eigenvalue weighted by Gasteiger charge is 2.25. The van der Waals surface area contributed by atoms with Gasteiger partial charge in [-0.05, 0) is 28.5 Å². The summed E-state index contributed by atoms with van der Waals surface area (Å²) in [7, 11) is -1.90. The Morgan fingerprint density at radius 3 is 2.33 bits per heavy atom. The number of sulfonamides is 1. The van der Waals surface area contributed by atoms with Crippen LogP contribution in [0.25, 0.3) is 10.8 Å². The van der Waals surface area contributed by atoms with E-state index in [1.54, 1.807) is 24.5 Å². The molecule has 0 saturated carbocycles. The topological polar surface area (TPSA) is 64.0 Å². The molecule has 0 bridgehead atoms. The monoisotopic (exact) mass is 377 g/mol. The number of rotatable bonds is 5. The molecule has 27 heavy (non-hydrogen) atoms. The van der Waals surface area contributed by atoms with Crippen molar-refractivity contribution in [1.29, 1.82) is 0 Å². The Hall–Kier alpha value is -2.96. The maximum absolute atomic E-state index is 13.1. The lowest BCUT2D eigenvalue weighted by molar-refractivity contribution is 0.563. The maximum Gasteiger partial charge on any atom is 0.241 e. The zero-order chi connectivity index (χ0) is 18.9. The molecule has 0 aliphatic heterocycles. The van der Waals surface area contributed by atoms with Crippen LogP contribution in [0.15, 0.2) is 90.1 Å². The van der Waals surface area contributed by atoms with Gasteiger partial charge in [-0.3, -0.25) is 0 Å². The van der Waals surface area contributed by atoms with E-state index in [0.717, 1.165) is 16.3 Å². The lowest BCUT2D eigenvalue weighted by Gasteiger charge is -2.19. The second kappa shape index (κ2) is 6.98. The van der Waals surface area contributed by atoms with Crippen molar-refractivity contribution in [1.82, 2.24) is 14.3 Å². The average molecular weight is 377 g/mol. The first-order valence-electron chi connectivity index (χ1n) is 8.58. The summed E-state index contributed by atoms with van der Waals surface area (Å²) in [6.07, 6.45) is 3.46. The van der Waals surface area contributed by atoms with Crippen LogP contribution in [-0.4, -0.2) is 18.0 Å². The molecule has 0 amide bonds. The van der Waals surface area contributed by atoms with Gasteiger partial charge in [-0.2, -0.15) is 4.72 Å². The van der Waals surface area contributed by atoms with Crippen LogP contribution < -0.4 is 4.72 Å². The van der Waals surface area contributed by atoms with Gasteiger partial charge in [0.25, 0.3) is 0 Å². The van der Waals surface area contributed by atoms with Gasteiger partial charge in [0.1, 0.15) is 11.9 Å². The summed E-state index contributed by atoms with van der Waals surface area (Å²) in [4.78, 5) is 4.59. The van der Waals surface area contributed by atoms with Gasteiger partial charge in [-0.1, -0.05) is 60.7 Å². The van der Waals surface area contributed by atoms with Crippen LogP contribution in [0.1, 0.15) is 17.4 Å². The van der Waals surface area contributed by atoms with Gasteiger partial charge in [0.2, 0.25) is 10.0 Å². The summed E-state index contributed by atoms with van der Waals surface area (Å²) in [6, 6.07) is 21.7. The lowest BCUT2D eigenvalue weighted by Crippen LogP contribution is -2.31. The molecule has 4 rings (SSSR count). The fraction of sp³-hybridized carbons (Fsp3) is 0.0952. The minimum Gasteiger partial charge on any atom is -0.336 e. The molecule has 3 aromatic carbocycles. The fourth-order valence-electron chi connectivity index (χ4n) is 3.13. The number of aryl methyl sites for hydroxylation is 1. The predicted molar refractivity (Wildman–Crippen MR) is 106 cm³/mol. The largest absolute Gasteiger partial charge is 0.336 e. The number of nitrogens with one attached hydrogen (secondary N) is 1. The molecule has 1 atom stereocenters. The molecule has 0 radical (unpaired) electrons. The van der Waals surface area contributed by atoms with Gasteiger partial charge in [-0.15, -0.1) is 0 Å². The third-order valence-corrected chi connectivity index (χ3v) is 5.97. The first kappa shape index (κ1) is 17.5. The Bertz CT molecular complexity index is 1180. The summed E-state index contributed by atoms with van der Waals surface area (Å²) >= 11 is 0. The highest BCUT2D eigenvalue weighted by Crippen LogP contribution is 2.25. The van der Waals surface area contributed by atoms with Crippen molar-refractivity contribution >= 4 is 20.8 Å². The van der Waals surface area contributed by atoms with Crippen molar-refractivity contribution in [2.24, 2.45) is 7.05 Å². The molecule has 0 saturated heterocycles. The Morgan fingerprint density at radius 2 is 1.63 bits per heavy atom. The number of benzene rings is 3. The Kier molecular flexibility index (Phi) is 4.51. The Labute approximate surface area is 158 Å². The van der Waals surface area contributed by atoms with Crippen LogP contribution in [-0.2, 0) is 17.1 Å². The second-order valence-electron chi connectivity index (χ2n) is 6.37. The van der Waals surface area contributed by atoms with Crippen molar-refractivity contribution < 1.29 is 8.42 Å². The molecule has 136 valence electrons. The highest BCUT2D eigenvalue weighted by molar-refractivity contribution is 7.89. The van der Waals surface area contributed by atoms with Crippen LogP contribution in [0.5, 0.6) is 0 Å². The molecule has 1 N–H and O–H groups in total. The molecule has 0 aliphatic carbocycles. The zero-order valence-corrected chi connectivity index (χ0v) is 15.6. The van der Waals surface area contributed by atoms with E-state index in [9.17, 15) is 8.42 Å². The molecule has 1 unspecified atom stereocenters. The minimum absolute atomic E-state index is 0.233. The Morgan fingerprint density at radius 1 is 0.926 bits per heavy atom. The van der Waals surface area contributed by atoms with Crippen LogP contribution >= 0.6 is 0 Å². The Balaban J connectivity index is 1.76. The summed E-state index contributed by atoms with van der Waals surface area (Å²) in [6.45, 7) is 0. The van der Waals surface area contributed by atoms with E-state index in [1.165, 1.54) is 0 Å². The van der Waals surface area contributed by atoms with Crippen molar-refractivity contribution in [2.75, 3.05) is 0 Å². The predicted octanol–water partition coefficient (Wildman–Crippen LogP) is 3.64. The van der Waals surface area contributed by atoms with Crippen molar-refractivity contribution in [3.05, 3.63) is 96.6 Å². The quantitative estimate of drug-likeness (QED) is 0.577. The van der Waals surface area contributed by atoms with Gasteiger partial charge in [0, 0.05) is 19.4 Å². The van der Waals surface area contributed by atoms with Gasteiger partial charge in [0.15, 0.2) is 0 Å². The molecule has 4 aromatic rings. The number of fused-ring (bicyclic) bond motifs is 1. The zero-order valence-electron chi connectivity index (χ0n) is 14.8. The second-order valence-corrected chi connectivity index (χ2v) is 8.08. The van der Waals surface area contributed by atoms with E-state index >= 15 is 0 Å². The third kappa shape index (κ3) is 3.49. The normalized spacial score (nSPS) is 12.9. The number of nitrogens with zero attached hydrogens (tertiary/aromatic N) is 2. The van der Waals surface area contributed by atoms with Crippen LogP contribution in [0.4, 0.5) is 0 Å². The van der Waals surface area contributed by atoms with Gasteiger partial charge >= 0.3 is 0 Å². The van der Waals surface area contributed by atoms with E-state index in [1.807, 2.05) is 72.3 Å². The number of hydrogen-bond donors (Lipinski definition) is 1. The van der Waals surface area contributed by atoms with E-state index in [0.29, 0.717) is 5.82 Å². The maximum atomic E-state index is 13.1. The summed E-state index contributed by atoms with van der Waals surface area (Å²) in [5.74, 6) is 0.630. The first-order valence-corrected chi connectivity index (χ1v) is 10.1. The van der Waals surface area contributed by atoms with E-state index in [-0.39, 0.29) is 4.90 Å². The van der Waals surface area contributed by atoms with E-state index in [2.05, 4.69) is 9.71 Å². The van der Waals surface area contributed by atoms with Crippen molar-refractivity contribution in [3.8, 4) is 0 Å². The summed E-state index contributed by atoms with van der Waals surface area (Å²) in [5.41, 5.74) is 0.830. The number of aromatic nitrogens is 2. The highest BCUT2D eigenvalue weighted by atomic mass is 32.2. The number of hydrogen-bond acceptors (Lipinski definition) is 3. The van der Waals surface area contributed by atoms with Crippen molar-refractivity contribution in [3.63, 3.8) is 0 Å². The molecule has 5 nitrogen and oxygen atoms in total. The smallest absolute Gasteiger partial charge is 0.241 e. The molecule has 0 aliphatic rings. The fourth-order valence-corrected chi connectivity index (χ4v) is 4.35. The summed E-state index contributed by atoms with van der Waals surface area (Å²) < 4.78 is 30.9. The van der Waals surface area contributed by atoms with E-state index in [4.69, 9.17) is 0 Å². The molecule has 1 aromatic heterocycles. The molecular formula is C21H19N3O2S. The standard InChI is InChI=1S/C21H19N3O2S/c1-24-14-13-22-21(24)20(17-8-3-2-4-9-17)23-27(25,26)19-12-11-16-7-5-6-10-18(16)15-19/h2-15,20,23H,1H3. The average Bonchev–Trinajstić information content (AvgIpc) is 3.12. The van der Waals surface area contributed by atoms with Crippen LogP contribution in [0.3, 0.4) is 0 Å². The molecule has 1 heterocycles. The van der Waals surface area contributed by atoms with Gasteiger partial charge in [-0.25, -0.2) is 13.4 Å². The molecule has 0 spiro atoms. The first-order chi connectivity index (χ1) is 13.0. The molecular weight excluding hydrogens is 358 g/mol. The van der Waals surface area contributed by atoms with Gasteiger partial charge in [0.05, 0.1) is 4.90 Å². The van der Waals surface area contributed by atoms with Gasteiger partial charge < -0.3 is 4.57 Å². The minimum atomic E-state index is -3.75. The summed E-state index contributed by atoms with van der Waals surface area (Å²) in [5, 5.41) is 1.88.